The molecule has 5 heterocycles. The summed E-state index contributed by atoms with van der Waals surface area (Å²) in [7, 11) is 4.63. The molecule has 6 rings (SSSR count). The highest BCUT2D eigenvalue weighted by Gasteiger charge is 2.57. The van der Waals surface area contributed by atoms with E-state index in [-0.39, 0.29) is 50.4 Å². The zero-order valence-electron chi connectivity index (χ0n) is 35.3. The van der Waals surface area contributed by atoms with E-state index < -0.39 is 89.7 Å². The first-order chi connectivity index (χ1) is 27.0. The van der Waals surface area contributed by atoms with E-state index in [9.17, 15) is 34.8 Å². The summed E-state index contributed by atoms with van der Waals surface area (Å²) in [5.41, 5.74) is 1.65. The molecule has 4 bridgehead atoms. The van der Waals surface area contributed by atoms with Crippen LogP contribution >= 0.6 is 0 Å². The Hall–Kier alpha value is -2.27. The second-order valence-electron chi connectivity index (χ2n) is 17.6. The van der Waals surface area contributed by atoms with Crippen molar-refractivity contribution in [3.8, 4) is 0 Å². The van der Waals surface area contributed by atoms with Gasteiger partial charge in [0.2, 0.25) is 5.79 Å². The summed E-state index contributed by atoms with van der Waals surface area (Å²) < 4.78 is 36.1. The number of piperidine rings is 1. The second-order valence-corrected chi connectivity index (χ2v) is 17.6. The van der Waals surface area contributed by atoms with E-state index in [4.69, 9.17) is 28.4 Å². The third-order valence-electron chi connectivity index (χ3n) is 13.5. The first-order valence-corrected chi connectivity index (χ1v) is 21.1. The molecule has 0 aromatic heterocycles. The molecule has 5 aliphatic heterocycles. The number of esters is 1. The average Bonchev–Trinajstić information content (AvgIpc) is 3.19. The van der Waals surface area contributed by atoms with Crippen LogP contribution in [0.1, 0.15) is 105 Å². The number of aliphatic hydroxyl groups is 4. The average molecular weight is 808 g/mol. The van der Waals surface area contributed by atoms with Crippen LogP contribution in [0, 0.1) is 29.6 Å². The van der Waals surface area contributed by atoms with Crippen molar-refractivity contribution in [2.75, 3.05) is 34.5 Å². The highest BCUT2D eigenvalue weighted by atomic mass is 16.7. The molecule has 0 aromatic rings. The standard InChI is InChI=1S/C43H69NO13/c1-9-30-20-29-16-24(2)17-35(53-7)38-36(54-8)19-26(4)43(51,57-38)39(47)40(48)44-15-11-10-12-31(44)41(49)56-37(27(5)33(46)22-42(30,50)55-23-29)25(3)18-28-13-14-32(45)34(21-28)52-6/h18,20,24,26-28,30-38,45-46,50-51H,9-17,19,21-23H2,1-8H3/b25-18+/t24-,26+,27+,28-,30+,31-,32+,33+,34+,35-,36-,37-,38+,42?,43+/m0/s1. The van der Waals surface area contributed by atoms with Crippen LogP contribution in [0.15, 0.2) is 23.3 Å². The molecular weight excluding hydrogens is 738 g/mol. The van der Waals surface area contributed by atoms with Gasteiger partial charge in [-0.3, -0.25) is 9.59 Å². The molecule has 1 unspecified atom stereocenters. The number of fused-ring (bicyclic) bond motifs is 11. The van der Waals surface area contributed by atoms with Crippen molar-refractivity contribution in [3.05, 3.63) is 23.3 Å². The van der Waals surface area contributed by atoms with Crippen molar-refractivity contribution in [3.63, 3.8) is 0 Å². The van der Waals surface area contributed by atoms with Gasteiger partial charge in [0.05, 0.1) is 37.1 Å². The molecule has 0 aromatic carbocycles. The van der Waals surface area contributed by atoms with Crippen LogP contribution in [0.25, 0.3) is 0 Å². The number of nitrogens with zero attached hydrogens (tertiary/aromatic N) is 1. The minimum absolute atomic E-state index is 0.00402. The zero-order valence-corrected chi connectivity index (χ0v) is 35.3. The summed E-state index contributed by atoms with van der Waals surface area (Å²) in [6.45, 7) is 9.47. The smallest absolute Gasteiger partial charge is 0.329 e. The molecule has 1 saturated carbocycles. The van der Waals surface area contributed by atoms with E-state index >= 15 is 0 Å². The van der Waals surface area contributed by atoms with Crippen LogP contribution in [0.3, 0.4) is 0 Å². The zero-order chi connectivity index (χ0) is 41.8. The lowest BCUT2D eigenvalue weighted by Crippen LogP contribution is -2.64. The quantitative estimate of drug-likeness (QED) is 0.173. The number of hydrogen-bond donors (Lipinski definition) is 4. The number of ketones is 1. The Bertz CT molecular complexity index is 1470. The van der Waals surface area contributed by atoms with Gasteiger partial charge in [0.1, 0.15) is 18.2 Å². The van der Waals surface area contributed by atoms with Crippen molar-refractivity contribution in [1.82, 2.24) is 4.90 Å². The van der Waals surface area contributed by atoms with Gasteiger partial charge < -0.3 is 53.7 Å². The summed E-state index contributed by atoms with van der Waals surface area (Å²) in [6.07, 6.45) is 3.70. The van der Waals surface area contributed by atoms with Crippen LogP contribution in [0.5, 0.6) is 0 Å². The molecule has 6 aliphatic rings. The summed E-state index contributed by atoms with van der Waals surface area (Å²) >= 11 is 0. The van der Waals surface area contributed by atoms with Gasteiger partial charge in [-0.25, -0.2) is 4.79 Å². The van der Waals surface area contributed by atoms with E-state index in [1.54, 1.807) is 21.0 Å². The van der Waals surface area contributed by atoms with E-state index in [1.807, 2.05) is 26.0 Å². The van der Waals surface area contributed by atoms with Gasteiger partial charge in [-0.15, -0.1) is 0 Å². The number of ether oxygens (including phenoxy) is 6. The number of methoxy groups -OCH3 is 3. The summed E-state index contributed by atoms with van der Waals surface area (Å²) in [4.78, 5) is 44.0. The fourth-order valence-corrected chi connectivity index (χ4v) is 9.94. The fourth-order valence-electron chi connectivity index (χ4n) is 9.94. The minimum Gasteiger partial charge on any atom is -0.456 e. The summed E-state index contributed by atoms with van der Waals surface area (Å²) in [5, 5.41) is 46.4. The van der Waals surface area contributed by atoms with Crippen molar-refractivity contribution < 1.29 is 63.2 Å². The van der Waals surface area contributed by atoms with Crippen LogP contribution in [-0.2, 0) is 42.8 Å². The molecular formula is C43H69NO13. The lowest BCUT2D eigenvalue weighted by atomic mass is 9.80. The highest BCUT2D eigenvalue weighted by Crippen LogP contribution is 2.41. The maximum atomic E-state index is 14.4. The van der Waals surface area contributed by atoms with Gasteiger partial charge in [0.15, 0.2) is 5.79 Å². The summed E-state index contributed by atoms with van der Waals surface area (Å²) in [5.74, 6) is -9.10. The van der Waals surface area contributed by atoms with E-state index in [0.717, 1.165) is 5.57 Å². The molecule has 4 fully saturated rings. The van der Waals surface area contributed by atoms with Gasteiger partial charge in [0, 0.05) is 52.0 Å². The Morgan fingerprint density at radius 3 is 2.28 bits per heavy atom. The lowest BCUT2D eigenvalue weighted by Gasteiger charge is -2.47. The van der Waals surface area contributed by atoms with Crippen LogP contribution in [-0.4, -0.2) is 138 Å². The molecule has 324 valence electrons. The maximum absolute atomic E-state index is 14.4. The number of amides is 1. The third-order valence-corrected chi connectivity index (χ3v) is 13.5. The molecule has 14 heteroatoms. The molecule has 57 heavy (non-hydrogen) atoms. The van der Waals surface area contributed by atoms with Crippen LogP contribution in [0.4, 0.5) is 0 Å². The number of carbonyl (C=O) groups excluding carboxylic acids is 3. The van der Waals surface area contributed by atoms with Crippen LogP contribution in [0.2, 0.25) is 0 Å². The largest absolute Gasteiger partial charge is 0.456 e. The molecule has 4 N–H and O–H groups in total. The Balaban J connectivity index is 1.55. The number of hydrogen-bond acceptors (Lipinski definition) is 13. The number of carbonyl (C=O) groups is 3. The third kappa shape index (κ3) is 10.0. The van der Waals surface area contributed by atoms with Gasteiger partial charge >= 0.3 is 5.97 Å². The van der Waals surface area contributed by atoms with Crippen molar-refractivity contribution in [2.45, 2.75) is 166 Å². The molecule has 14 nitrogen and oxygen atoms in total. The van der Waals surface area contributed by atoms with Gasteiger partial charge in [-0.1, -0.05) is 39.8 Å². The van der Waals surface area contributed by atoms with Crippen molar-refractivity contribution in [2.24, 2.45) is 29.6 Å². The molecule has 1 aliphatic carbocycles. The Morgan fingerprint density at radius 1 is 0.930 bits per heavy atom. The molecule has 3 saturated heterocycles. The van der Waals surface area contributed by atoms with E-state index in [2.05, 4.69) is 6.92 Å². The van der Waals surface area contributed by atoms with Gasteiger partial charge in [-0.05, 0) is 94.1 Å². The predicted octanol–water partition coefficient (Wildman–Crippen LogP) is 3.60. The highest BCUT2D eigenvalue weighted by molar-refractivity contribution is 6.39. The van der Waals surface area contributed by atoms with Crippen molar-refractivity contribution >= 4 is 17.7 Å². The van der Waals surface area contributed by atoms with Gasteiger partial charge in [-0.2, -0.15) is 0 Å². The van der Waals surface area contributed by atoms with E-state index in [0.29, 0.717) is 56.9 Å². The molecule has 0 radical (unpaired) electrons. The van der Waals surface area contributed by atoms with Crippen LogP contribution < -0.4 is 0 Å². The topological polar surface area (TPSA) is 191 Å². The molecule has 0 spiro atoms. The number of rotatable bonds is 6. The Kier molecular flexibility index (Phi) is 15.6. The Labute approximate surface area is 338 Å². The monoisotopic (exact) mass is 807 g/mol. The second kappa shape index (κ2) is 19.4. The number of allylic oxidation sites excluding steroid dienone is 1. The Morgan fingerprint density at radius 2 is 1.61 bits per heavy atom. The minimum atomic E-state index is -2.51. The number of aliphatic hydroxyl groups excluding tert-OH is 2. The van der Waals surface area contributed by atoms with Gasteiger partial charge in [0.25, 0.3) is 11.7 Å². The fraction of sp³-hybridized carbons (Fsp3) is 0.837. The first-order valence-electron chi connectivity index (χ1n) is 21.1. The normalized spacial score (nSPS) is 43.5. The van der Waals surface area contributed by atoms with Crippen molar-refractivity contribution in [1.29, 1.82) is 0 Å². The molecule has 15 atom stereocenters. The molecule has 1 amide bonds. The summed E-state index contributed by atoms with van der Waals surface area (Å²) in [6, 6.07) is -1.14. The van der Waals surface area contributed by atoms with E-state index in [1.165, 1.54) is 19.1 Å². The first kappa shape index (κ1) is 45.8. The number of Topliss-reactive ketones (excluding diaryl/α,β-unsaturated/α-hetero) is 1. The predicted molar refractivity (Wildman–Crippen MR) is 208 cm³/mol. The SMILES string of the molecule is CC[C@@H]1C=C2COC1(O)C[C@@H](O)[C@@H](C)[C@H](/C(C)=C/[C@@H]1CC[C@@H](O)[C@H](OC)C1)OC(=O)[C@@H]1CCCCN1C(=O)C(=O)[C@]1(O)O[C@H]([C@@H](OC)C[C@@H](C)C2)[C@@H](OC)C[C@H]1C. The lowest BCUT2D eigenvalue weighted by molar-refractivity contribution is -0.302. The maximum Gasteiger partial charge on any atom is 0.329 e.